The molecular weight excluding hydrogens is 521 g/mol. The Morgan fingerprint density at radius 2 is 1.59 bits per heavy atom. The zero-order valence-electron chi connectivity index (χ0n) is 21.0. The van der Waals surface area contributed by atoms with Gasteiger partial charge in [0.15, 0.2) is 0 Å². The summed E-state index contributed by atoms with van der Waals surface area (Å²) in [6, 6.07) is 38.9. The van der Waals surface area contributed by atoms with Gasteiger partial charge in [0.05, 0.1) is 23.9 Å². The second kappa shape index (κ2) is 10.7. The quantitative estimate of drug-likeness (QED) is 0.197. The van der Waals surface area contributed by atoms with Gasteiger partial charge in [0, 0.05) is 21.4 Å². The molecule has 0 N–H and O–H groups in total. The van der Waals surface area contributed by atoms with E-state index in [1.165, 1.54) is 18.4 Å². The number of fused-ring (bicyclic) bond motifs is 1. The van der Waals surface area contributed by atoms with E-state index < -0.39 is 0 Å². The minimum Gasteiger partial charge on any atom is -0.465 e. The largest absolute Gasteiger partial charge is 0.465 e. The van der Waals surface area contributed by atoms with Crippen LogP contribution in [0.5, 0.6) is 0 Å². The van der Waals surface area contributed by atoms with Crippen LogP contribution in [-0.2, 0) is 4.74 Å². The number of thiophene rings is 1. The van der Waals surface area contributed by atoms with Gasteiger partial charge in [-0.3, -0.25) is 3.97 Å². The van der Waals surface area contributed by atoms with Gasteiger partial charge in [0.1, 0.15) is 10.9 Å². The number of methoxy groups -OCH3 is 1. The van der Waals surface area contributed by atoms with E-state index in [0.717, 1.165) is 49.3 Å². The molecule has 0 aliphatic rings. The van der Waals surface area contributed by atoms with E-state index in [0.29, 0.717) is 10.4 Å². The topological polar surface area (TPSA) is 55.0 Å². The molecule has 6 aromatic rings. The van der Waals surface area contributed by atoms with E-state index >= 15 is 0 Å². The molecule has 0 unspecified atom stereocenters. The van der Waals surface area contributed by atoms with Crippen molar-refractivity contribution in [1.82, 2.24) is 3.97 Å². The number of benzene rings is 4. The highest BCUT2D eigenvalue weighted by Gasteiger charge is 2.23. The molecule has 0 aliphatic heterocycles. The average Bonchev–Trinajstić information content (AvgIpc) is 3.60. The molecule has 0 bridgehead atoms. The Balaban J connectivity index is 1.47. The van der Waals surface area contributed by atoms with Gasteiger partial charge in [-0.15, -0.1) is 11.3 Å². The van der Waals surface area contributed by atoms with E-state index in [2.05, 4.69) is 58.6 Å². The summed E-state index contributed by atoms with van der Waals surface area (Å²) in [7, 11) is 1.39. The number of hydrogen-bond donors (Lipinski definition) is 0. The number of esters is 1. The van der Waals surface area contributed by atoms with Gasteiger partial charge in [-0.05, 0) is 70.4 Å². The minimum atomic E-state index is -0.349. The zero-order valence-corrected chi connectivity index (χ0v) is 22.6. The van der Waals surface area contributed by atoms with E-state index in [1.54, 1.807) is 18.0 Å². The molecule has 0 fully saturated rings. The Morgan fingerprint density at radius 1 is 0.846 bits per heavy atom. The van der Waals surface area contributed by atoms with Gasteiger partial charge >= 0.3 is 5.97 Å². The summed E-state index contributed by atoms with van der Waals surface area (Å²) < 4.78 is 7.15. The van der Waals surface area contributed by atoms with Crippen molar-refractivity contribution in [3.63, 3.8) is 0 Å². The molecule has 0 radical (unpaired) electrons. The molecule has 0 saturated heterocycles. The van der Waals surface area contributed by atoms with Crippen molar-refractivity contribution >= 4 is 40.2 Å². The molecule has 0 spiro atoms. The molecule has 6 rings (SSSR count). The molecule has 2 heterocycles. The Hall–Kier alpha value is -4.57. The molecule has 4 nitrogen and oxygen atoms in total. The van der Waals surface area contributed by atoms with E-state index in [1.807, 2.05) is 60.0 Å². The third kappa shape index (κ3) is 4.63. The Kier molecular flexibility index (Phi) is 6.76. The Bertz CT molecular complexity index is 1850. The smallest absolute Gasteiger partial charge is 0.337 e. The lowest BCUT2D eigenvalue weighted by Crippen LogP contribution is -2.00. The van der Waals surface area contributed by atoms with E-state index in [9.17, 15) is 10.1 Å². The van der Waals surface area contributed by atoms with Crippen LogP contribution in [0.15, 0.2) is 119 Å². The van der Waals surface area contributed by atoms with Crippen molar-refractivity contribution < 1.29 is 9.53 Å². The van der Waals surface area contributed by atoms with E-state index in [-0.39, 0.29) is 5.97 Å². The number of hydrogen-bond acceptors (Lipinski definition) is 5. The first-order chi connectivity index (χ1) is 19.2. The van der Waals surface area contributed by atoms with Crippen LogP contribution in [0.3, 0.4) is 0 Å². The van der Waals surface area contributed by atoms with Crippen molar-refractivity contribution in [3.8, 4) is 39.6 Å². The van der Waals surface area contributed by atoms with Gasteiger partial charge in [-0.25, -0.2) is 4.79 Å². The van der Waals surface area contributed by atoms with Crippen LogP contribution in [0.2, 0.25) is 0 Å². The predicted molar refractivity (Wildman–Crippen MR) is 160 cm³/mol. The van der Waals surface area contributed by atoms with Crippen molar-refractivity contribution in [3.05, 3.63) is 125 Å². The zero-order chi connectivity index (χ0) is 26.8. The first-order valence-corrected chi connectivity index (χ1v) is 14.0. The highest BCUT2D eigenvalue weighted by molar-refractivity contribution is 7.98. The number of nitriles is 1. The molecule has 39 heavy (non-hydrogen) atoms. The molecule has 188 valence electrons. The predicted octanol–water partition coefficient (Wildman–Crippen LogP) is 8.92. The monoisotopic (exact) mass is 542 g/mol. The number of rotatable bonds is 6. The standard InChI is InChI=1S/C33H22N2O2S2/c1-37-33(36)25-11-7-10-24(20-25)22-14-16-26(17-15-22)39-35-29-13-6-5-12-27(29)31(28-18-19-38-30(28)21-34)32(35)23-8-3-2-4-9-23/h2-20H,1H3. The van der Waals surface area contributed by atoms with Crippen LogP contribution in [0, 0.1) is 11.3 Å². The van der Waals surface area contributed by atoms with Crippen LogP contribution >= 0.6 is 23.3 Å². The highest BCUT2D eigenvalue weighted by Crippen LogP contribution is 2.46. The second-order valence-electron chi connectivity index (χ2n) is 8.86. The summed E-state index contributed by atoms with van der Waals surface area (Å²) in [5.74, 6) is -0.349. The lowest BCUT2D eigenvalue weighted by Gasteiger charge is -2.12. The van der Waals surface area contributed by atoms with Gasteiger partial charge in [0.2, 0.25) is 0 Å². The van der Waals surface area contributed by atoms with Crippen molar-refractivity contribution in [1.29, 1.82) is 5.26 Å². The van der Waals surface area contributed by atoms with Crippen molar-refractivity contribution in [2.24, 2.45) is 0 Å². The fourth-order valence-electron chi connectivity index (χ4n) is 4.79. The van der Waals surface area contributed by atoms with Gasteiger partial charge in [-0.1, -0.05) is 72.8 Å². The Morgan fingerprint density at radius 3 is 2.36 bits per heavy atom. The number of carbonyl (C=O) groups excluding carboxylic acids is 1. The number of carbonyl (C=O) groups is 1. The summed E-state index contributed by atoms with van der Waals surface area (Å²) in [4.78, 5) is 13.8. The first-order valence-electron chi connectivity index (χ1n) is 12.3. The summed E-state index contributed by atoms with van der Waals surface area (Å²) in [6.07, 6.45) is 0. The molecule has 6 heteroatoms. The maximum Gasteiger partial charge on any atom is 0.337 e. The first kappa shape index (κ1) is 24.7. The highest BCUT2D eigenvalue weighted by atomic mass is 32.2. The third-order valence-electron chi connectivity index (χ3n) is 6.58. The van der Waals surface area contributed by atoms with Crippen LogP contribution in [0.1, 0.15) is 15.2 Å². The molecule has 0 aliphatic carbocycles. The lowest BCUT2D eigenvalue weighted by molar-refractivity contribution is 0.0601. The molecule has 4 aromatic carbocycles. The molecule has 0 saturated carbocycles. The van der Waals surface area contributed by atoms with Gasteiger partial charge in [0.25, 0.3) is 0 Å². The molecule has 2 aromatic heterocycles. The maximum atomic E-state index is 12.0. The molecule has 0 atom stereocenters. The SMILES string of the molecule is COC(=O)c1cccc(-c2ccc(Sn3c(-c4ccccc4)c(-c4ccsc4C#N)c4ccccc43)cc2)c1. The average molecular weight is 543 g/mol. The van der Waals surface area contributed by atoms with Crippen molar-refractivity contribution in [2.75, 3.05) is 7.11 Å². The lowest BCUT2D eigenvalue weighted by atomic mass is 9.99. The summed E-state index contributed by atoms with van der Waals surface area (Å²) in [5.41, 5.74) is 7.75. The van der Waals surface area contributed by atoms with Gasteiger partial charge in [-0.2, -0.15) is 5.26 Å². The van der Waals surface area contributed by atoms with Crippen molar-refractivity contribution in [2.45, 2.75) is 4.90 Å². The summed E-state index contributed by atoms with van der Waals surface area (Å²) in [5, 5.41) is 12.9. The Labute approximate surface area is 234 Å². The number of nitrogens with zero attached hydrogens (tertiary/aromatic N) is 2. The summed E-state index contributed by atoms with van der Waals surface area (Å²) >= 11 is 3.12. The van der Waals surface area contributed by atoms with E-state index in [4.69, 9.17) is 4.74 Å². The summed E-state index contributed by atoms with van der Waals surface area (Å²) in [6.45, 7) is 0. The third-order valence-corrected chi connectivity index (χ3v) is 8.45. The fraction of sp³-hybridized carbons (Fsp3) is 0.0303. The molecular formula is C33H22N2O2S2. The maximum absolute atomic E-state index is 12.0. The number of ether oxygens (including phenoxy) is 1. The number of aromatic nitrogens is 1. The van der Waals surface area contributed by atoms with Crippen LogP contribution < -0.4 is 0 Å². The van der Waals surface area contributed by atoms with Gasteiger partial charge < -0.3 is 4.74 Å². The van der Waals surface area contributed by atoms with Crippen LogP contribution in [0.25, 0.3) is 44.4 Å². The minimum absolute atomic E-state index is 0.349. The van der Waals surface area contributed by atoms with Crippen LogP contribution in [0.4, 0.5) is 0 Å². The fourth-order valence-corrected chi connectivity index (χ4v) is 6.49. The van der Waals surface area contributed by atoms with Crippen LogP contribution in [-0.4, -0.2) is 17.1 Å². The number of para-hydroxylation sites is 1. The second-order valence-corrected chi connectivity index (χ2v) is 10.8. The normalized spacial score (nSPS) is 10.9. The molecule has 0 amide bonds.